The standard InChI is InChI=1S/C28H28N6O/c1-17(2)24-25(31-27-32-28(3,4)16-33(27)26(24)35)22-15-29-23-11-8-19(14-21(22)23)18-6-9-20(10-7-18)34-13-5-12-30-34/h5-15,17,29H,16H2,1-4H3,(H,31,32). The Labute approximate surface area is 203 Å². The number of aromatic amines is 1. The number of aromatic nitrogens is 5. The summed E-state index contributed by atoms with van der Waals surface area (Å²) in [6.45, 7) is 8.91. The van der Waals surface area contributed by atoms with Gasteiger partial charge >= 0.3 is 0 Å². The minimum absolute atomic E-state index is 0.0396. The summed E-state index contributed by atoms with van der Waals surface area (Å²) < 4.78 is 3.62. The minimum Gasteiger partial charge on any atom is -0.360 e. The monoisotopic (exact) mass is 464 g/mol. The van der Waals surface area contributed by atoms with Crippen LogP contribution >= 0.6 is 0 Å². The van der Waals surface area contributed by atoms with Crippen molar-refractivity contribution in [2.45, 2.75) is 45.7 Å². The van der Waals surface area contributed by atoms with Crippen molar-refractivity contribution < 1.29 is 0 Å². The zero-order chi connectivity index (χ0) is 24.3. The molecule has 3 aromatic heterocycles. The van der Waals surface area contributed by atoms with Gasteiger partial charge < -0.3 is 10.3 Å². The molecule has 0 saturated carbocycles. The summed E-state index contributed by atoms with van der Waals surface area (Å²) in [5.74, 6) is 0.689. The third-order valence-corrected chi connectivity index (χ3v) is 6.69. The van der Waals surface area contributed by atoms with E-state index >= 15 is 0 Å². The Kier molecular flexibility index (Phi) is 4.71. The molecule has 176 valence electrons. The van der Waals surface area contributed by atoms with Gasteiger partial charge in [0.2, 0.25) is 5.95 Å². The van der Waals surface area contributed by atoms with Gasteiger partial charge in [0.1, 0.15) is 0 Å². The number of nitrogens with one attached hydrogen (secondary N) is 2. The van der Waals surface area contributed by atoms with Crippen LogP contribution in [0, 0.1) is 0 Å². The van der Waals surface area contributed by atoms with E-state index < -0.39 is 0 Å². The summed E-state index contributed by atoms with van der Waals surface area (Å²) >= 11 is 0. The van der Waals surface area contributed by atoms with Crippen LogP contribution in [0.2, 0.25) is 0 Å². The lowest BCUT2D eigenvalue weighted by molar-refractivity contribution is 0.515. The second kappa shape index (κ2) is 7.70. The number of hydrogen-bond acceptors (Lipinski definition) is 4. The van der Waals surface area contributed by atoms with Crippen molar-refractivity contribution in [3.05, 3.63) is 83.0 Å². The summed E-state index contributed by atoms with van der Waals surface area (Å²) in [5, 5.41) is 8.77. The molecule has 2 N–H and O–H groups in total. The molecular weight excluding hydrogens is 436 g/mol. The molecule has 0 saturated heterocycles. The second-order valence-electron chi connectivity index (χ2n) is 10.2. The number of rotatable bonds is 4. The summed E-state index contributed by atoms with van der Waals surface area (Å²) in [4.78, 5) is 21.9. The molecule has 0 fully saturated rings. The van der Waals surface area contributed by atoms with Gasteiger partial charge in [0, 0.05) is 40.6 Å². The number of fused-ring (bicyclic) bond motifs is 2. The Morgan fingerprint density at radius 3 is 2.54 bits per heavy atom. The Hall–Kier alpha value is -4.13. The lowest BCUT2D eigenvalue weighted by Crippen LogP contribution is -2.30. The SMILES string of the molecule is CC(C)c1c(-c2c[nH]c3ccc(-c4ccc(-n5cccn5)cc4)cc23)nc2n(c1=O)CC(C)(C)N2. The lowest BCUT2D eigenvalue weighted by atomic mass is 9.96. The maximum Gasteiger partial charge on any atom is 0.259 e. The molecule has 7 nitrogen and oxygen atoms in total. The highest BCUT2D eigenvalue weighted by Gasteiger charge is 2.32. The normalized spacial score (nSPS) is 14.4. The average molecular weight is 465 g/mol. The van der Waals surface area contributed by atoms with Crippen LogP contribution in [0.25, 0.3) is 39.0 Å². The van der Waals surface area contributed by atoms with Crippen LogP contribution in [0.3, 0.4) is 0 Å². The van der Waals surface area contributed by atoms with E-state index in [1.54, 1.807) is 10.8 Å². The van der Waals surface area contributed by atoms with Crippen LogP contribution in [-0.2, 0) is 6.54 Å². The molecule has 0 spiro atoms. The molecule has 6 rings (SSSR count). The van der Waals surface area contributed by atoms with Crippen LogP contribution in [0.5, 0.6) is 0 Å². The highest BCUT2D eigenvalue weighted by molar-refractivity contribution is 5.98. The van der Waals surface area contributed by atoms with Gasteiger partial charge in [-0.15, -0.1) is 0 Å². The molecule has 0 bridgehead atoms. The van der Waals surface area contributed by atoms with Gasteiger partial charge in [-0.05, 0) is 61.2 Å². The van der Waals surface area contributed by atoms with E-state index in [2.05, 4.69) is 85.6 Å². The van der Waals surface area contributed by atoms with Crippen molar-refractivity contribution in [3.8, 4) is 28.1 Å². The Balaban J connectivity index is 1.48. The molecule has 0 radical (unpaired) electrons. The van der Waals surface area contributed by atoms with E-state index in [9.17, 15) is 4.79 Å². The quantitative estimate of drug-likeness (QED) is 0.364. The first-order valence-electron chi connectivity index (χ1n) is 12.0. The Morgan fingerprint density at radius 1 is 1.06 bits per heavy atom. The van der Waals surface area contributed by atoms with Gasteiger partial charge in [-0.2, -0.15) is 5.10 Å². The van der Waals surface area contributed by atoms with Crippen LogP contribution in [0.15, 0.2) is 71.9 Å². The molecule has 1 aliphatic heterocycles. The summed E-state index contributed by atoms with van der Waals surface area (Å²) in [7, 11) is 0. The second-order valence-corrected chi connectivity index (χ2v) is 10.2. The first kappa shape index (κ1) is 21.4. The maximum atomic E-state index is 13.5. The fourth-order valence-corrected chi connectivity index (χ4v) is 5.00. The number of benzene rings is 2. The van der Waals surface area contributed by atoms with Gasteiger partial charge in [-0.3, -0.25) is 9.36 Å². The average Bonchev–Trinajstić information content (AvgIpc) is 3.56. The molecule has 0 atom stereocenters. The van der Waals surface area contributed by atoms with Gasteiger partial charge in [-0.25, -0.2) is 9.67 Å². The maximum absolute atomic E-state index is 13.5. The van der Waals surface area contributed by atoms with E-state index in [0.717, 1.165) is 44.5 Å². The van der Waals surface area contributed by atoms with Crippen molar-refractivity contribution in [2.75, 3.05) is 5.32 Å². The van der Waals surface area contributed by atoms with E-state index in [1.165, 1.54) is 0 Å². The van der Waals surface area contributed by atoms with Crippen molar-refractivity contribution in [2.24, 2.45) is 0 Å². The molecule has 7 heteroatoms. The molecule has 35 heavy (non-hydrogen) atoms. The summed E-state index contributed by atoms with van der Waals surface area (Å²) in [5.41, 5.74) is 6.54. The lowest BCUT2D eigenvalue weighted by Gasteiger charge is -2.15. The fourth-order valence-electron chi connectivity index (χ4n) is 5.00. The molecular formula is C28H28N6O. The predicted molar refractivity (Wildman–Crippen MR) is 140 cm³/mol. The highest BCUT2D eigenvalue weighted by Crippen LogP contribution is 2.36. The largest absolute Gasteiger partial charge is 0.360 e. The molecule has 0 amide bonds. The molecule has 2 aromatic carbocycles. The van der Waals surface area contributed by atoms with E-state index in [0.29, 0.717) is 12.5 Å². The fraction of sp³-hybridized carbons (Fsp3) is 0.250. The number of hydrogen-bond donors (Lipinski definition) is 2. The van der Waals surface area contributed by atoms with Crippen molar-refractivity contribution >= 4 is 16.9 Å². The van der Waals surface area contributed by atoms with Gasteiger partial charge in [0.25, 0.3) is 5.56 Å². The van der Waals surface area contributed by atoms with Crippen LogP contribution in [-0.4, -0.2) is 29.9 Å². The Morgan fingerprint density at radius 2 is 1.83 bits per heavy atom. The van der Waals surface area contributed by atoms with Crippen molar-refractivity contribution in [1.29, 1.82) is 0 Å². The predicted octanol–water partition coefficient (Wildman–Crippen LogP) is 5.57. The third kappa shape index (κ3) is 3.55. The highest BCUT2D eigenvalue weighted by atomic mass is 16.1. The van der Waals surface area contributed by atoms with Crippen LogP contribution in [0.4, 0.5) is 5.95 Å². The summed E-state index contributed by atoms with van der Waals surface area (Å²) in [6, 6.07) is 16.6. The molecule has 1 aliphatic rings. The van der Waals surface area contributed by atoms with Gasteiger partial charge in [0.15, 0.2) is 0 Å². The van der Waals surface area contributed by atoms with E-state index in [-0.39, 0.29) is 17.0 Å². The zero-order valence-electron chi connectivity index (χ0n) is 20.3. The molecule has 5 aromatic rings. The van der Waals surface area contributed by atoms with Crippen molar-refractivity contribution in [1.82, 2.24) is 24.3 Å². The van der Waals surface area contributed by atoms with Gasteiger partial charge in [0.05, 0.1) is 23.5 Å². The van der Waals surface area contributed by atoms with E-state index in [4.69, 9.17) is 4.98 Å². The topological polar surface area (TPSA) is 80.5 Å². The van der Waals surface area contributed by atoms with Gasteiger partial charge in [-0.1, -0.05) is 32.0 Å². The summed E-state index contributed by atoms with van der Waals surface area (Å²) in [6.07, 6.45) is 5.68. The van der Waals surface area contributed by atoms with Crippen molar-refractivity contribution in [3.63, 3.8) is 0 Å². The van der Waals surface area contributed by atoms with Crippen LogP contribution in [0.1, 0.15) is 39.2 Å². The molecule has 0 aliphatic carbocycles. The first-order chi connectivity index (χ1) is 16.8. The number of nitrogens with zero attached hydrogens (tertiary/aromatic N) is 4. The number of anilines is 1. The Bertz CT molecular complexity index is 1600. The zero-order valence-corrected chi connectivity index (χ0v) is 20.3. The van der Waals surface area contributed by atoms with E-state index in [1.807, 2.05) is 23.1 Å². The minimum atomic E-state index is -0.207. The molecule has 4 heterocycles. The third-order valence-electron chi connectivity index (χ3n) is 6.69. The van der Waals surface area contributed by atoms with Crippen LogP contribution < -0.4 is 10.9 Å². The molecule has 0 unspecified atom stereocenters. The number of H-pyrrole nitrogens is 1. The first-order valence-corrected chi connectivity index (χ1v) is 12.0. The smallest absolute Gasteiger partial charge is 0.259 e.